The number of carbonyl (C=O) groups excluding carboxylic acids is 1. The number of terminal acetylenes is 1. The molecule has 0 N–H and O–H groups in total. The molecular formula is C10H16O2. The third-order valence-corrected chi connectivity index (χ3v) is 1.50. The standard InChI is InChI=1S/C10H16O2/c1-5-10(12-9(4)11)7-6-8(2)3/h1,8,10H,6-7H2,2-4H3. The van der Waals surface area contributed by atoms with Gasteiger partial charge in [-0.2, -0.15) is 0 Å². The van der Waals surface area contributed by atoms with E-state index >= 15 is 0 Å². The molecule has 1 atom stereocenters. The van der Waals surface area contributed by atoms with Gasteiger partial charge in [0.05, 0.1) is 0 Å². The summed E-state index contributed by atoms with van der Waals surface area (Å²) in [6.07, 6.45) is 6.58. The molecule has 0 heterocycles. The summed E-state index contributed by atoms with van der Waals surface area (Å²) < 4.78 is 4.87. The Bertz CT molecular complexity index is 177. The lowest BCUT2D eigenvalue weighted by atomic mass is 10.1. The third kappa shape index (κ3) is 5.79. The van der Waals surface area contributed by atoms with Crippen LogP contribution in [0.3, 0.4) is 0 Å². The summed E-state index contributed by atoms with van der Waals surface area (Å²) in [7, 11) is 0. The number of ether oxygens (including phenoxy) is 1. The normalized spacial score (nSPS) is 12.2. The number of esters is 1. The lowest BCUT2D eigenvalue weighted by Crippen LogP contribution is -2.14. The Morgan fingerprint density at radius 1 is 1.50 bits per heavy atom. The zero-order chi connectivity index (χ0) is 9.56. The van der Waals surface area contributed by atoms with E-state index in [1.54, 1.807) is 0 Å². The molecule has 0 rings (SSSR count). The van der Waals surface area contributed by atoms with Gasteiger partial charge >= 0.3 is 5.97 Å². The Morgan fingerprint density at radius 2 is 2.08 bits per heavy atom. The van der Waals surface area contributed by atoms with E-state index in [2.05, 4.69) is 19.8 Å². The Kier molecular flexibility index (Phi) is 5.19. The van der Waals surface area contributed by atoms with E-state index in [1.165, 1.54) is 6.92 Å². The quantitative estimate of drug-likeness (QED) is 0.474. The Labute approximate surface area is 74.3 Å². The summed E-state index contributed by atoms with van der Waals surface area (Å²) in [5.41, 5.74) is 0. The predicted octanol–water partition coefficient (Wildman–Crippen LogP) is 1.99. The molecule has 0 radical (unpaired) electrons. The van der Waals surface area contributed by atoms with Crippen molar-refractivity contribution >= 4 is 5.97 Å². The molecule has 0 amide bonds. The zero-order valence-electron chi connectivity index (χ0n) is 7.96. The summed E-state index contributed by atoms with van der Waals surface area (Å²) in [5, 5.41) is 0. The lowest BCUT2D eigenvalue weighted by molar-refractivity contribution is -0.144. The fourth-order valence-electron chi connectivity index (χ4n) is 0.861. The highest BCUT2D eigenvalue weighted by atomic mass is 16.5. The van der Waals surface area contributed by atoms with Crippen LogP contribution in [0.2, 0.25) is 0 Å². The molecule has 0 saturated carbocycles. The smallest absolute Gasteiger partial charge is 0.303 e. The number of carbonyl (C=O) groups is 1. The third-order valence-electron chi connectivity index (χ3n) is 1.50. The maximum atomic E-state index is 10.5. The van der Waals surface area contributed by atoms with E-state index in [0.29, 0.717) is 5.92 Å². The van der Waals surface area contributed by atoms with Gasteiger partial charge in [0.25, 0.3) is 0 Å². The van der Waals surface area contributed by atoms with Crippen LogP contribution in [0.1, 0.15) is 33.6 Å². The molecule has 12 heavy (non-hydrogen) atoms. The van der Waals surface area contributed by atoms with Crippen molar-refractivity contribution in [3.63, 3.8) is 0 Å². The lowest BCUT2D eigenvalue weighted by Gasteiger charge is -2.11. The highest BCUT2D eigenvalue weighted by Crippen LogP contribution is 2.08. The molecule has 0 saturated heterocycles. The molecule has 0 aromatic rings. The minimum atomic E-state index is -0.343. The molecule has 0 aliphatic rings. The zero-order valence-corrected chi connectivity index (χ0v) is 7.96. The van der Waals surface area contributed by atoms with Crippen LogP contribution in [-0.4, -0.2) is 12.1 Å². The van der Waals surface area contributed by atoms with Gasteiger partial charge in [-0.1, -0.05) is 19.8 Å². The summed E-state index contributed by atoms with van der Waals surface area (Å²) >= 11 is 0. The van der Waals surface area contributed by atoms with E-state index in [-0.39, 0.29) is 12.1 Å². The largest absolute Gasteiger partial charge is 0.449 e. The van der Waals surface area contributed by atoms with Gasteiger partial charge in [-0.25, -0.2) is 0 Å². The van der Waals surface area contributed by atoms with Gasteiger partial charge in [-0.15, -0.1) is 6.42 Å². The van der Waals surface area contributed by atoms with Crippen LogP contribution in [0.15, 0.2) is 0 Å². The van der Waals surface area contributed by atoms with Crippen molar-refractivity contribution < 1.29 is 9.53 Å². The number of hydrogen-bond acceptors (Lipinski definition) is 2. The van der Waals surface area contributed by atoms with E-state index < -0.39 is 0 Å². The second-order valence-electron chi connectivity index (χ2n) is 3.24. The fourth-order valence-corrected chi connectivity index (χ4v) is 0.861. The topological polar surface area (TPSA) is 26.3 Å². The van der Waals surface area contributed by atoms with Gasteiger partial charge in [0.1, 0.15) is 0 Å². The molecule has 1 unspecified atom stereocenters. The van der Waals surface area contributed by atoms with Crippen molar-refractivity contribution in [3.05, 3.63) is 0 Å². The highest BCUT2D eigenvalue weighted by molar-refractivity contribution is 5.66. The van der Waals surface area contributed by atoms with Crippen molar-refractivity contribution in [1.82, 2.24) is 0 Å². The van der Waals surface area contributed by atoms with Crippen LogP contribution in [0.4, 0.5) is 0 Å². The predicted molar refractivity (Wildman–Crippen MR) is 48.5 cm³/mol. The average molecular weight is 168 g/mol. The fraction of sp³-hybridized carbons (Fsp3) is 0.700. The maximum absolute atomic E-state index is 10.5. The van der Waals surface area contributed by atoms with Crippen LogP contribution in [-0.2, 0) is 9.53 Å². The van der Waals surface area contributed by atoms with E-state index in [0.717, 1.165) is 12.8 Å². The summed E-state index contributed by atoms with van der Waals surface area (Å²) in [6, 6.07) is 0. The number of hydrogen-bond donors (Lipinski definition) is 0. The van der Waals surface area contributed by atoms with E-state index in [1.807, 2.05) is 0 Å². The van der Waals surface area contributed by atoms with Gasteiger partial charge in [-0.05, 0) is 18.8 Å². The van der Waals surface area contributed by atoms with Gasteiger partial charge in [0.2, 0.25) is 0 Å². The molecule has 2 heteroatoms. The van der Waals surface area contributed by atoms with Gasteiger partial charge in [0.15, 0.2) is 6.10 Å². The first-order chi connectivity index (χ1) is 5.56. The van der Waals surface area contributed by atoms with Crippen LogP contribution in [0.25, 0.3) is 0 Å². The van der Waals surface area contributed by atoms with Crippen LogP contribution >= 0.6 is 0 Å². The van der Waals surface area contributed by atoms with E-state index in [9.17, 15) is 4.79 Å². The van der Waals surface area contributed by atoms with Crippen LogP contribution in [0.5, 0.6) is 0 Å². The van der Waals surface area contributed by atoms with Gasteiger partial charge in [0, 0.05) is 6.92 Å². The van der Waals surface area contributed by atoms with Crippen molar-refractivity contribution in [3.8, 4) is 12.3 Å². The molecule has 68 valence electrons. The second kappa shape index (κ2) is 5.65. The van der Waals surface area contributed by atoms with Crippen LogP contribution in [0, 0.1) is 18.3 Å². The van der Waals surface area contributed by atoms with Crippen molar-refractivity contribution in [2.24, 2.45) is 5.92 Å². The minimum absolute atomic E-state index is 0.304. The Hall–Kier alpha value is -0.970. The molecule has 0 spiro atoms. The summed E-state index contributed by atoms with van der Waals surface area (Å²) in [5.74, 6) is 2.74. The first-order valence-corrected chi connectivity index (χ1v) is 4.19. The molecule has 0 aromatic carbocycles. The molecule has 0 fully saturated rings. The minimum Gasteiger partial charge on any atom is -0.449 e. The summed E-state index contributed by atoms with van der Waals surface area (Å²) in [4.78, 5) is 10.5. The molecule has 0 aliphatic carbocycles. The molecule has 0 bridgehead atoms. The van der Waals surface area contributed by atoms with E-state index in [4.69, 9.17) is 11.2 Å². The maximum Gasteiger partial charge on any atom is 0.303 e. The Balaban J connectivity index is 3.70. The SMILES string of the molecule is C#CC(CCC(C)C)OC(C)=O. The second-order valence-corrected chi connectivity index (χ2v) is 3.24. The Morgan fingerprint density at radius 3 is 2.42 bits per heavy atom. The van der Waals surface area contributed by atoms with Crippen molar-refractivity contribution in [2.45, 2.75) is 39.7 Å². The monoisotopic (exact) mass is 168 g/mol. The van der Waals surface area contributed by atoms with Gasteiger partial charge < -0.3 is 4.74 Å². The first kappa shape index (κ1) is 11.0. The molecule has 2 nitrogen and oxygen atoms in total. The average Bonchev–Trinajstić information content (AvgIpc) is 1.97. The highest BCUT2D eigenvalue weighted by Gasteiger charge is 2.08. The summed E-state index contributed by atoms with van der Waals surface area (Å²) in [6.45, 7) is 5.60. The van der Waals surface area contributed by atoms with Crippen molar-refractivity contribution in [1.29, 1.82) is 0 Å². The number of rotatable bonds is 4. The first-order valence-electron chi connectivity index (χ1n) is 4.19. The molecule has 0 aliphatic heterocycles. The molecule has 0 aromatic heterocycles. The van der Waals surface area contributed by atoms with Crippen molar-refractivity contribution in [2.75, 3.05) is 0 Å². The van der Waals surface area contributed by atoms with Crippen LogP contribution < -0.4 is 0 Å². The molecular weight excluding hydrogens is 152 g/mol. The van der Waals surface area contributed by atoms with Gasteiger partial charge in [-0.3, -0.25) is 4.79 Å².